The number of benzene rings is 1. The van der Waals surface area contributed by atoms with E-state index in [0.717, 1.165) is 13.0 Å². The van der Waals surface area contributed by atoms with Crippen molar-refractivity contribution in [2.24, 2.45) is 0 Å². The molecule has 2 aromatic heterocycles. The molecule has 0 bridgehead atoms. The van der Waals surface area contributed by atoms with Gasteiger partial charge in [-0.3, -0.25) is 4.79 Å². The molecule has 3 heterocycles. The molecule has 26 heavy (non-hydrogen) atoms. The highest BCUT2D eigenvalue weighted by atomic mass is 19.1. The summed E-state index contributed by atoms with van der Waals surface area (Å²) in [5, 5.41) is 11.3. The summed E-state index contributed by atoms with van der Waals surface area (Å²) in [6.07, 6.45) is 2.28. The lowest BCUT2D eigenvalue weighted by molar-refractivity contribution is 0.0912. The normalized spacial score (nSPS) is 16.7. The monoisotopic (exact) mass is 352 g/mol. The predicted octanol–water partition coefficient (Wildman–Crippen LogP) is 2.88. The van der Waals surface area contributed by atoms with Gasteiger partial charge in [0.25, 0.3) is 5.91 Å². The highest BCUT2D eigenvalue weighted by Gasteiger charge is 2.26. The first-order chi connectivity index (χ1) is 12.7. The molecule has 4 rings (SSSR count). The van der Waals surface area contributed by atoms with Crippen molar-refractivity contribution in [3.05, 3.63) is 66.4 Å². The summed E-state index contributed by atoms with van der Waals surface area (Å²) in [5.74, 6) is 0.469. The maximum absolute atomic E-state index is 13.8. The minimum absolute atomic E-state index is 0.0145. The average molecular weight is 352 g/mol. The third-order valence-electron chi connectivity index (χ3n) is 4.39. The summed E-state index contributed by atoms with van der Waals surface area (Å²) in [4.78, 5) is 14.1. The minimum Gasteiger partial charge on any atom is -0.459 e. The Labute approximate surface area is 149 Å². The number of hydrogen-bond donors (Lipinski definition) is 1. The number of carbonyl (C=O) groups excluding carboxylic acids is 1. The molecular weight excluding hydrogens is 335 g/mol. The Morgan fingerprint density at radius 1 is 1.15 bits per heavy atom. The van der Waals surface area contributed by atoms with Gasteiger partial charge in [0.2, 0.25) is 0 Å². The Kier molecular flexibility index (Phi) is 4.35. The van der Waals surface area contributed by atoms with Gasteiger partial charge in [0, 0.05) is 24.7 Å². The number of aromatic nitrogens is 2. The molecule has 1 aliphatic heterocycles. The van der Waals surface area contributed by atoms with Crippen LogP contribution in [0.4, 0.5) is 10.2 Å². The van der Waals surface area contributed by atoms with Gasteiger partial charge in [-0.15, -0.1) is 10.2 Å². The molecule has 3 aromatic rings. The summed E-state index contributed by atoms with van der Waals surface area (Å²) in [6.45, 7) is 1.40. The summed E-state index contributed by atoms with van der Waals surface area (Å²) in [5.41, 5.74) is 0.922. The second kappa shape index (κ2) is 6.95. The van der Waals surface area contributed by atoms with E-state index in [9.17, 15) is 9.18 Å². The van der Waals surface area contributed by atoms with Crippen molar-refractivity contribution in [1.82, 2.24) is 15.5 Å². The molecule has 0 radical (unpaired) electrons. The first kappa shape index (κ1) is 16.3. The van der Waals surface area contributed by atoms with Crippen LogP contribution in [0.5, 0.6) is 0 Å². The molecule has 1 amide bonds. The Morgan fingerprint density at radius 2 is 2.04 bits per heavy atom. The maximum atomic E-state index is 13.8. The Bertz CT molecular complexity index is 896. The fourth-order valence-corrected chi connectivity index (χ4v) is 3.06. The average Bonchev–Trinajstić information content (AvgIpc) is 3.34. The number of hydrogen-bond acceptors (Lipinski definition) is 5. The van der Waals surface area contributed by atoms with Crippen molar-refractivity contribution in [1.29, 1.82) is 0 Å². The third kappa shape index (κ3) is 3.28. The molecule has 1 unspecified atom stereocenters. The molecule has 7 heteroatoms. The summed E-state index contributed by atoms with van der Waals surface area (Å²) in [7, 11) is 0. The predicted molar refractivity (Wildman–Crippen MR) is 94.2 cm³/mol. The maximum Gasteiger partial charge on any atom is 0.287 e. The minimum atomic E-state index is -0.323. The molecule has 0 saturated carbocycles. The zero-order valence-electron chi connectivity index (χ0n) is 13.9. The van der Waals surface area contributed by atoms with E-state index >= 15 is 0 Å². The second-order valence-electron chi connectivity index (χ2n) is 6.14. The summed E-state index contributed by atoms with van der Waals surface area (Å²) >= 11 is 0. The lowest BCUT2D eigenvalue weighted by Gasteiger charge is -2.17. The van der Waals surface area contributed by atoms with Gasteiger partial charge in [0.1, 0.15) is 5.82 Å². The molecule has 6 nitrogen and oxygen atoms in total. The molecule has 1 N–H and O–H groups in total. The Balaban J connectivity index is 1.41. The van der Waals surface area contributed by atoms with Crippen LogP contribution in [0.3, 0.4) is 0 Å². The van der Waals surface area contributed by atoms with Gasteiger partial charge in [-0.05, 0) is 42.8 Å². The Morgan fingerprint density at radius 3 is 2.77 bits per heavy atom. The van der Waals surface area contributed by atoms with Crippen LogP contribution in [-0.4, -0.2) is 35.2 Å². The van der Waals surface area contributed by atoms with Crippen LogP contribution in [0, 0.1) is 5.82 Å². The van der Waals surface area contributed by atoms with Gasteiger partial charge in [0.15, 0.2) is 11.6 Å². The smallest absolute Gasteiger partial charge is 0.287 e. The van der Waals surface area contributed by atoms with E-state index in [0.29, 0.717) is 29.4 Å². The van der Waals surface area contributed by atoms with Gasteiger partial charge in [-0.2, -0.15) is 0 Å². The van der Waals surface area contributed by atoms with Crippen LogP contribution >= 0.6 is 0 Å². The zero-order chi connectivity index (χ0) is 17.9. The zero-order valence-corrected chi connectivity index (χ0v) is 13.9. The number of rotatable bonds is 4. The van der Waals surface area contributed by atoms with Crippen LogP contribution in [0.25, 0.3) is 11.3 Å². The van der Waals surface area contributed by atoms with Crippen LogP contribution in [0.2, 0.25) is 0 Å². The van der Waals surface area contributed by atoms with Crippen molar-refractivity contribution < 1.29 is 13.6 Å². The standard InChI is InChI=1S/C19H17FN4O2/c20-15-5-2-1-4-14(15)16-7-8-18(23-22-16)24-10-9-13(12-24)21-19(25)17-6-3-11-26-17/h1-8,11,13H,9-10,12H2,(H,21,25). The molecule has 132 valence electrons. The Hall–Kier alpha value is -3.22. The largest absolute Gasteiger partial charge is 0.459 e. The number of amides is 1. The molecule has 1 aromatic carbocycles. The number of anilines is 1. The van der Waals surface area contributed by atoms with Gasteiger partial charge in [-0.25, -0.2) is 4.39 Å². The summed E-state index contributed by atoms with van der Waals surface area (Å²) in [6, 6.07) is 13.4. The first-order valence-corrected chi connectivity index (χ1v) is 8.38. The van der Waals surface area contributed by atoms with E-state index in [2.05, 4.69) is 15.5 Å². The molecule has 1 fully saturated rings. The topological polar surface area (TPSA) is 71.3 Å². The third-order valence-corrected chi connectivity index (χ3v) is 4.39. The molecule has 0 spiro atoms. The van der Waals surface area contributed by atoms with Crippen LogP contribution in [0.1, 0.15) is 17.0 Å². The number of furan rings is 1. The fraction of sp³-hybridized carbons (Fsp3) is 0.211. The van der Waals surface area contributed by atoms with Crippen molar-refractivity contribution >= 4 is 11.7 Å². The lowest BCUT2D eigenvalue weighted by Crippen LogP contribution is -2.37. The van der Waals surface area contributed by atoms with E-state index in [-0.39, 0.29) is 17.8 Å². The second-order valence-corrected chi connectivity index (χ2v) is 6.14. The fourth-order valence-electron chi connectivity index (χ4n) is 3.06. The van der Waals surface area contributed by atoms with E-state index < -0.39 is 0 Å². The van der Waals surface area contributed by atoms with Crippen molar-refractivity contribution in [2.45, 2.75) is 12.5 Å². The van der Waals surface area contributed by atoms with Gasteiger partial charge in [-0.1, -0.05) is 12.1 Å². The van der Waals surface area contributed by atoms with Gasteiger partial charge >= 0.3 is 0 Å². The molecular formula is C19H17FN4O2. The van der Waals surface area contributed by atoms with Crippen LogP contribution in [0.15, 0.2) is 59.2 Å². The quantitative estimate of drug-likeness (QED) is 0.782. The number of carbonyl (C=O) groups is 1. The summed E-state index contributed by atoms with van der Waals surface area (Å²) < 4.78 is 18.9. The highest BCUT2D eigenvalue weighted by molar-refractivity contribution is 5.91. The van der Waals surface area contributed by atoms with Crippen molar-refractivity contribution in [3.63, 3.8) is 0 Å². The first-order valence-electron chi connectivity index (χ1n) is 8.38. The van der Waals surface area contributed by atoms with Crippen molar-refractivity contribution in [2.75, 3.05) is 18.0 Å². The lowest BCUT2D eigenvalue weighted by atomic mass is 10.1. The van der Waals surface area contributed by atoms with E-state index in [1.165, 1.54) is 12.3 Å². The molecule has 0 aliphatic carbocycles. The van der Waals surface area contributed by atoms with Gasteiger partial charge in [0.05, 0.1) is 12.0 Å². The van der Waals surface area contributed by atoms with E-state index in [4.69, 9.17) is 4.42 Å². The molecule has 1 atom stereocenters. The van der Waals surface area contributed by atoms with Crippen LogP contribution in [-0.2, 0) is 0 Å². The van der Waals surface area contributed by atoms with Crippen LogP contribution < -0.4 is 10.2 Å². The van der Waals surface area contributed by atoms with Gasteiger partial charge < -0.3 is 14.6 Å². The number of nitrogens with zero attached hydrogens (tertiary/aromatic N) is 3. The van der Waals surface area contributed by atoms with E-state index in [1.54, 1.807) is 36.4 Å². The highest BCUT2D eigenvalue weighted by Crippen LogP contribution is 2.23. The van der Waals surface area contributed by atoms with Crippen molar-refractivity contribution in [3.8, 4) is 11.3 Å². The molecule has 1 aliphatic rings. The number of halogens is 1. The van der Waals surface area contributed by atoms with E-state index in [1.807, 2.05) is 11.0 Å². The molecule has 1 saturated heterocycles. The number of nitrogens with one attached hydrogen (secondary N) is 1. The SMILES string of the molecule is O=C(NC1CCN(c2ccc(-c3ccccc3F)nn2)C1)c1ccco1.